The molecule has 0 amide bonds. The zero-order valence-electron chi connectivity index (χ0n) is 14.0. The summed E-state index contributed by atoms with van der Waals surface area (Å²) in [5, 5.41) is 3.42. The van der Waals surface area contributed by atoms with Gasteiger partial charge in [-0.2, -0.15) is 0 Å². The SMILES string of the molecule is CCNCc1ccc(CN(CCC(C)C)C2CCCC2)s1. The van der Waals surface area contributed by atoms with E-state index >= 15 is 0 Å². The first kappa shape index (κ1) is 17.0. The Kier molecular flexibility index (Phi) is 7.21. The van der Waals surface area contributed by atoms with Crippen LogP contribution in [0.15, 0.2) is 12.1 Å². The number of hydrogen-bond donors (Lipinski definition) is 1. The standard InChI is InChI=1S/C18H32N2S/c1-4-19-13-17-9-10-18(21-17)14-20(12-11-15(2)3)16-7-5-6-8-16/h9-10,15-16,19H,4-8,11-14H2,1-3H3. The highest BCUT2D eigenvalue weighted by molar-refractivity contribution is 7.11. The molecule has 1 N–H and O–H groups in total. The third kappa shape index (κ3) is 5.72. The van der Waals surface area contributed by atoms with E-state index in [0.29, 0.717) is 0 Å². The largest absolute Gasteiger partial charge is 0.312 e. The maximum atomic E-state index is 3.42. The van der Waals surface area contributed by atoms with Gasteiger partial charge in [0.15, 0.2) is 0 Å². The minimum atomic E-state index is 0.807. The highest BCUT2D eigenvalue weighted by Crippen LogP contribution is 2.27. The van der Waals surface area contributed by atoms with Crippen LogP contribution in [0.1, 0.15) is 62.6 Å². The molecule has 120 valence electrons. The molecular formula is C18H32N2S. The summed E-state index contributed by atoms with van der Waals surface area (Å²) < 4.78 is 0. The van der Waals surface area contributed by atoms with Gasteiger partial charge in [-0.1, -0.05) is 33.6 Å². The molecule has 2 nitrogen and oxygen atoms in total. The second kappa shape index (κ2) is 8.92. The predicted molar refractivity (Wildman–Crippen MR) is 93.8 cm³/mol. The number of hydrogen-bond acceptors (Lipinski definition) is 3. The molecule has 0 atom stereocenters. The van der Waals surface area contributed by atoms with Crippen LogP contribution in [0.4, 0.5) is 0 Å². The molecule has 0 spiro atoms. The molecule has 21 heavy (non-hydrogen) atoms. The van der Waals surface area contributed by atoms with Crippen LogP contribution in [0.2, 0.25) is 0 Å². The summed E-state index contributed by atoms with van der Waals surface area (Å²) in [5.74, 6) is 0.807. The Morgan fingerprint density at radius 3 is 2.62 bits per heavy atom. The van der Waals surface area contributed by atoms with Gasteiger partial charge in [-0.15, -0.1) is 11.3 Å². The zero-order chi connectivity index (χ0) is 15.1. The zero-order valence-corrected chi connectivity index (χ0v) is 14.8. The first-order chi connectivity index (χ1) is 10.2. The molecule has 1 aliphatic carbocycles. The lowest BCUT2D eigenvalue weighted by Crippen LogP contribution is -2.33. The summed E-state index contributed by atoms with van der Waals surface area (Å²) in [4.78, 5) is 5.77. The van der Waals surface area contributed by atoms with Crippen LogP contribution in [0.5, 0.6) is 0 Å². The average molecular weight is 309 g/mol. The first-order valence-corrected chi connectivity index (χ1v) is 9.53. The fourth-order valence-electron chi connectivity index (χ4n) is 3.13. The highest BCUT2D eigenvalue weighted by Gasteiger charge is 2.23. The van der Waals surface area contributed by atoms with Crippen LogP contribution in [0.3, 0.4) is 0 Å². The van der Waals surface area contributed by atoms with Crippen LogP contribution in [0, 0.1) is 5.92 Å². The van der Waals surface area contributed by atoms with Crippen LogP contribution >= 0.6 is 11.3 Å². The smallest absolute Gasteiger partial charge is 0.0330 e. The van der Waals surface area contributed by atoms with E-state index in [4.69, 9.17) is 0 Å². The quantitative estimate of drug-likeness (QED) is 0.714. The Morgan fingerprint density at radius 1 is 1.24 bits per heavy atom. The van der Waals surface area contributed by atoms with Gasteiger partial charge in [-0.05, 0) is 50.4 Å². The Morgan fingerprint density at radius 2 is 1.95 bits per heavy atom. The van der Waals surface area contributed by atoms with Crippen molar-refractivity contribution in [3.63, 3.8) is 0 Å². The van der Waals surface area contributed by atoms with Crippen LogP contribution in [0.25, 0.3) is 0 Å². The molecule has 0 radical (unpaired) electrons. The molecule has 1 saturated carbocycles. The van der Waals surface area contributed by atoms with E-state index in [-0.39, 0.29) is 0 Å². The molecule has 1 fully saturated rings. The van der Waals surface area contributed by atoms with Gasteiger partial charge in [-0.25, -0.2) is 0 Å². The molecule has 3 heteroatoms. The molecule has 0 bridgehead atoms. The first-order valence-electron chi connectivity index (χ1n) is 8.71. The molecule has 2 rings (SSSR count). The van der Waals surface area contributed by atoms with Gasteiger partial charge < -0.3 is 5.32 Å². The van der Waals surface area contributed by atoms with Gasteiger partial charge in [0.2, 0.25) is 0 Å². The molecular weight excluding hydrogens is 276 g/mol. The fraction of sp³-hybridized carbons (Fsp3) is 0.778. The summed E-state index contributed by atoms with van der Waals surface area (Å²) in [6.45, 7) is 11.4. The summed E-state index contributed by atoms with van der Waals surface area (Å²) in [6, 6.07) is 5.48. The average Bonchev–Trinajstić information content (AvgIpc) is 3.12. The lowest BCUT2D eigenvalue weighted by atomic mass is 10.1. The van der Waals surface area contributed by atoms with Crippen molar-refractivity contribution >= 4 is 11.3 Å². The van der Waals surface area contributed by atoms with Crippen molar-refractivity contribution in [3.8, 4) is 0 Å². The maximum Gasteiger partial charge on any atom is 0.0330 e. The van der Waals surface area contributed by atoms with E-state index in [0.717, 1.165) is 31.6 Å². The molecule has 1 aromatic rings. The Bertz CT molecular complexity index is 394. The van der Waals surface area contributed by atoms with E-state index in [1.807, 2.05) is 11.3 Å². The molecule has 1 aromatic heterocycles. The van der Waals surface area contributed by atoms with E-state index in [9.17, 15) is 0 Å². The Hall–Kier alpha value is -0.380. The van der Waals surface area contributed by atoms with Crippen molar-refractivity contribution in [2.45, 2.75) is 72.0 Å². The van der Waals surface area contributed by atoms with Crippen LogP contribution in [-0.4, -0.2) is 24.0 Å². The summed E-state index contributed by atoms with van der Waals surface area (Å²) >= 11 is 1.99. The molecule has 0 aliphatic heterocycles. The summed E-state index contributed by atoms with van der Waals surface area (Å²) in [5.41, 5.74) is 0. The van der Waals surface area contributed by atoms with Gasteiger partial charge in [0.05, 0.1) is 0 Å². The van der Waals surface area contributed by atoms with E-state index in [2.05, 4.69) is 43.1 Å². The second-order valence-electron chi connectivity index (χ2n) is 6.74. The van der Waals surface area contributed by atoms with Crippen molar-refractivity contribution in [2.75, 3.05) is 13.1 Å². The van der Waals surface area contributed by atoms with Crippen LogP contribution in [-0.2, 0) is 13.1 Å². The molecule has 0 saturated heterocycles. The number of nitrogens with zero attached hydrogens (tertiary/aromatic N) is 1. The molecule has 1 heterocycles. The summed E-state index contributed by atoms with van der Waals surface area (Å²) in [6.07, 6.45) is 7.01. The number of rotatable bonds is 9. The second-order valence-corrected chi connectivity index (χ2v) is 7.99. The lowest BCUT2D eigenvalue weighted by Gasteiger charge is -2.29. The Balaban J connectivity index is 1.91. The van der Waals surface area contributed by atoms with E-state index < -0.39 is 0 Å². The highest BCUT2D eigenvalue weighted by atomic mass is 32.1. The van der Waals surface area contributed by atoms with Crippen LogP contribution < -0.4 is 5.32 Å². The van der Waals surface area contributed by atoms with Gasteiger partial charge in [0.1, 0.15) is 0 Å². The number of thiophene rings is 1. The number of nitrogens with one attached hydrogen (secondary N) is 1. The fourth-order valence-corrected chi connectivity index (χ4v) is 4.15. The van der Waals surface area contributed by atoms with Crippen molar-refractivity contribution in [1.82, 2.24) is 10.2 Å². The molecule has 1 aliphatic rings. The summed E-state index contributed by atoms with van der Waals surface area (Å²) in [7, 11) is 0. The molecule has 0 aromatic carbocycles. The van der Waals surface area contributed by atoms with Crippen molar-refractivity contribution < 1.29 is 0 Å². The normalized spacial score (nSPS) is 16.4. The minimum absolute atomic E-state index is 0.807. The van der Waals surface area contributed by atoms with Crippen molar-refractivity contribution in [3.05, 3.63) is 21.9 Å². The Labute approximate surface area is 134 Å². The minimum Gasteiger partial charge on any atom is -0.312 e. The lowest BCUT2D eigenvalue weighted by molar-refractivity contribution is 0.181. The van der Waals surface area contributed by atoms with Crippen molar-refractivity contribution in [1.29, 1.82) is 0 Å². The van der Waals surface area contributed by atoms with Gasteiger partial charge >= 0.3 is 0 Å². The van der Waals surface area contributed by atoms with Crippen molar-refractivity contribution in [2.24, 2.45) is 5.92 Å². The van der Waals surface area contributed by atoms with E-state index in [1.54, 1.807) is 4.88 Å². The van der Waals surface area contributed by atoms with Gasteiger partial charge in [-0.3, -0.25) is 4.90 Å². The van der Waals surface area contributed by atoms with E-state index in [1.165, 1.54) is 43.5 Å². The third-order valence-electron chi connectivity index (χ3n) is 4.46. The monoisotopic (exact) mass is 308 g/mol. The van der Waals surface area contributed by atoms with Gasteiger partial charge in [0.25, 0.3) is 0 Å². The van der Waals surface area contributed by atoms with Gasteiger partial charge in [0, 0.05) is 28.9 Å². The third-order valence-corrected chi connectivity index (χ3v) is 5.53. The predicted octanol–water partition coefficient (Wildman–Crippen LogP) is 4.65. The topological polar surface area (TPSA) is 15.3 Å². The molecule has 0 unspecified atom stereocenters. The maximum absolute atomic E-state index is 3.42.